The third kappa shape index (κ3) is 11.9. The summed E-state index contributed by atoms with van der Waals surface area (Å²) in [7, 11) is -8.59. The Kier molecular flexibility index (Phi) is 8.99. The number of nitrogens with one attached hydrogen (secondary N) is 1. The van der Waals surface area contributed by atoms with Gasteiger partial charge in [-0.05, 0) is 25.7 Å². The highest BCUT2D eigenvalue weighted by Gasteiger charge is 2.19. The van der Waals surface area contributed by atoms with Gasteiger partial charge in [-0.1, -0.05) is 38.5 Å². The van der Waals surface area contributed by atoms with E-state index in [1.165, 1.54) is 64.2 Å². The first-order chi connectivity index (χ1) is 10.7. The predicted octanol–water partition coefficient (Wildman–Crippen LogP) is 2.00. The molecule has 2 aliphatic rings. The fourth-order valence-corrected chi connectivity index (χ4v) is 4.77. The van der Waals surface area contributed by atoms with Gasteiger partial charge in [-0.15, -0.1) is 0 Å². The van der Waals surface area contributed by atoms with Gasteiger partial charge < -0.3 is 5.32 Å². The van der Waals surface area contributed by atoms with E-state index in [0.717, 1.165) is 12.1 Å². The first kappa shape index (κ1) is 20.8. The lowest BCUT2D eigenvalue weighted by molar-refractivity contribution is 0.291. The van der Waals surface area contributed by atoms with Crippen LogP contribution in [-0.2, 0) is 20.2 Å². The second-order valence-corrected chi connectivity index (χ2v) is 9.55. The minimum Gasteiger partial charge on any atom is -0.311 e. The van der Waals surface area contributed by atoms with Crippen LogP contribution in [0.5, 0.6) is 0 Å². The van der Waals surface area contributed by atoms with Crippen molar-refractivity contribution in [1.82, 2.24) is 5.32 Å². The molecule has 0 radical (unpaired) electrons. The molecule has 0 spiro atoms. The van der Waals surface area contributed by atoms with E-state index < -0.39 is 31.7 Å². The van der Waals surface area contributed by atoms with E-state index in [1.54, 1.807) is 0 Å². The lowest BCUT2D eigenvalue weighted by atomic mass is 9.91. The van der Waals surface area contributed by atoms with E-state index in [2.05, 4.69) is 5.32 Å². The molecule has 9 heteroatoms. The molecule has 0 amide bonds. The summed E-state index contributed by atoms with van der Waals surface area (Å²) in [4.78, 5) is 0. The quantitative estimate of drug-likeness (QED) is 0.632. The molecule has 2 aliphatic carbocycles. The van der Waals surface area contributed by atoms with Crippen molar-refractivity contribution in [3.05, 3.63) is 0 Å². The Balaban J connectivity index is 0.000000241. The molecule has 0 heterocycles. The molecule has 3 N–H and O–H groups in total. The first-order valence-corrected chi connectivity index (χ1v) is 11.5. The van der Waals surface area contributed by atoms with Crippen LogP contribution in [0.3, 0.4) is 0 Å². The smallest absolute Gasteiger partial charge is 0.265 e. The second-order valence-electron chi connectivity index (χ2n) is 6.41. The molecule has 0 aromatic rings. The minimum absolute atomic E-state index is 0.872. The number of hydrogen-bond acceptors (Lipinski definition) is 5. The van der Waals surface area contributed by atoms with E-state index in [1.807, 2.05) is 0 Å². The molecule has 0 saturated heterocycles. The highest BCUT2D eigenvalue weighted by molar-refractivity contribution is 7.89. The zero-order valence-corrected chi connectivity index (χ0v) is 15.1. The summed E-state index contributed by atoms with van der Waals surface area (Å²) in [5.74, 6) is -1.96. The topological polar surface area (TPSA) is 121 Å². The summed E-state index contributed by atoms with van der Waals surface area (Å²) in [6.45, 7) is 0. The van der Waals surface area contributed by atoms with Gasteiger partial charge in [0.15, 0.2) is 0 Å². The van der Waals surface area contributed by atoms with Gasteiger partial charge in [0.1, 0.15) is 0 Å². The highest BCUT2D eigenvalue weighted by atomic mass is 32.2. The van der Waals surface area contributed by atoms with Crippen LogP contribution >= 0.6 is 0 Å². The summed E-state index contributed by atoms with van der Waals surface area (Å²) in [6.07, 6.45) is 14.6. The van der Waals surface area contributed by atoms with Crippen LogP contribution in [0.1, 0.15) is 64.2 Å². The lowest BCUT2D eigenvalue weighted by Gasteiger charge is -2.30. The normalized spacial score (nSPS) is 21.5. The number of rotatable bonds is 5. The van der Waals surface area contributed by atoms with Crippen LogP contribution in [0, 0.1) is 0 Å². The average molecular weight is 372 g/mol. The monoisotopic (exact) mass is 371 g/mol. The molecular formula is C14H29NO6S2. The van der Waals surface area contributed by atoms with Crippen molar-refractivity contribution < 1.29 is 25.9 Å². The van der Waals surface area contributed by atoms with Crippen molar-refractivity contribution >= 4 is 20.2 Å². The Hall–Kier alpha value is -0.220. The molecule has 2 saturated carbocycles. The standard InChI is InChI=1S/C12H23N.C2H6O6S2/c1-3-7-11(8-4-1)13-12-9-5-2-6-10-12;3-9(4,5)1-2-10(6,7)8/h11-13H,1-10H2;1-2H2,(H,3,4,5)(H,6,7,8). The molecule has 0 aromatic carbocycles. The minimum atomic E-state index is -4.30. The maximum absolute atomic E-state index is 9.86. The van der Waals surface area contributed by atoms with Gasteiger partial charge in [0, 0.05) is 12.1 Å². The van der Waals surface area contributed by atoms with Crippen molar-refractivity contribution in [1.29, 1.82) is 0 Å². The zero-order chi connectivity index (χ0) is 17.3. The van der Waals surface area contributed by atoms with Gasteiger partial charge in [-0.2, -0.15) is 16.8 Å². The van der Waals surface area contributed by atoms with Gasteiger partial charge in [0.05, 0.1) is 11.5 Å². The molecule has 0 aliphatic heterocycles. The Labute approximate surface area is 139 Å². The zero-order valence-electron chi connectivity index (χ0n) is 13.5. The third-order valence-corrected chi connectivity index (χ3v) is 5.98. The summed E-state index contributed by atoms with van der Waals surface area (Å²) < 4.78 is 55.4. The van der Waals surface area contributed by atoms with Gasteiger partial charge in [-0.25, -0.2) is 0 Å². The van der Waals surface area contributed by atoms with Crippen molar-refractivity contribution in [2.75, 3.05) is 11.5 Å². The van der Waals surface area contributed by atoms with Crippen LogP contribution in [0.25, 0.3) is 0 Å². The summed E-state index contributed by atoms with van der Waals surface area (Å²) in [5, 5.41) is 3.86. The Bertz CT molecular complexity index is 471. The van der Waals surface area contributed by atoms with Gasteiger partial charge in [-0.3, -0.25) is 9.11 Å². The van der Waals surface area contributed by atoms with Crippen molar-refractivity contribution in [2.45, 2.75) is 76.3 Å². The van der Waals surface area contributed by atoms with Gasteiger partial charge >= 0.3 is 0 Å². The molecule has 7 nitrogen and oxygen atoms in total. The van der Waals surface area contributed by atoms with Crippen LogP contribution in [0.15, 0.2) is 0 Å². The highest BCUT2D eigenvalue weighted by Crippen LogP contribution is 2.22. The second kappa shape index (κ2) is 9.93. The van der Waals surface area contributed by atoms with Crippen LogP contribution < -0.4 is 5.32 Å². The average Bonchev–Trinajstić information content (AvgIpc) is 2.47. The lowest BCUT2D eigenvalue weighted by Crippen LogP contribution is -2.40. The van der Waals surface area contributed by atoms with Gasteiger partial charge in [0.25, 0.3) is 20.2 Å². The molecule has 0 unspecified atom stereocenters. The van der Waals surface area contributed by atoms with E-state index in [-0.39, 0.29) is 0 Å². The maximum atomic E-state index is 9.86. The van der Waals surface area contributed by atoms with Crippen molar-refractivity contribution in [3.63, 3.8) is 0 Å². The van der Waals surface area contributed by atoms with E-state index in [4.69, 9.17) is 9.11 Å². The van der Waals surface area contributed by atoms with Crippen LogP contribution in [0.2, 0.25) is 0 Å². The molecule has 138 valence electrons. The summed E-state index contributed by atoms with van der Waals surface area (Å²) >= 11 is 0. The first-order valence-electron chi connectivity index (χ1n) is 8.32. The van der Waals surface area contributed by atoms with Gasteiger partial charge in [0.2, 0.25) is 0 Å². The third-order valence-electron chi connectivity index (χ3n) is 4.28. The fraction of sp³-hybridized carbons (Fsp3) is 1.00. The molecule has 2 rings (SSSR count). The fourth-order valence-electron chi connectivity index (χ4n) is 3.08. The molecule has 2 fully saturated rings. The summed E-state index contributed by atoms with van der Waals surface area (Å²) in [6, 6.07) is 1.74. The van der Waals surface area contributed by atoms with Crippen LogP contribution in [0.4, 0.5) is 0 Å². The Morgan fingerprint density at radius 1 is 0.652 bits per heavy atom. The van der Waals surface area contributed by atoms with Crippen LogP contribution in [-0.4, -0.2) is 49.5 Å². The van der Waals surface area contributed by atoms with Crippen molar-refractivity contribution in [2.24, 2.45) is 0 Å². The van der Waals surface area contributed by atoms with E-state index in [9.17, 15) is 16.8 Å². The molecule has 0 aromatic heterocycles. The Morgan fingerprint density at radius 2 is 0.957 bits per heavy atom. The van der Waals surface area contributed by atoms with E-state index in [0.29, 0.717) is 0 Å². The van der Waals surface area contributed by atoms with E-state index >= 15 is 0 Å². The Morgan fingerprint density at radius 3 is 1.22 bits per heavy atom. The molecule has 0 bridgehead atoms. The number of hydrogen-bond donors (Lipinski definition) is 3. The largest absolute Gasteiger partial charge is 0.311 e. The molecule has 0 atom stereocenters. The SMILES string of the molecule is C1CCC(NC2CCCCC2)CC1.O=S(=O)(O)CCS(=O)(=O)O. The van der Waals surface area contributed by atoms with Crippen molar-refractivity contribution in [3.8, 4) is 0 Å². The molecule has 23 heavy (non-hydrogen) atoms. The predicted molar refractivity (Wildman–Crippen MR) is 89.7 cm³/mol. The summed E-state index contributed by atoms with van der Waals surface area (Å²) in [5.41, 5.74) is 0. The molecular weight excluding hydrogens is 342 g/mol. The maximum Gasteiger partial charge on any atom is 0.265 e.